The number of likely N-dealkylation sites (tertiary alicyclic amines) is 1. The lowest BCUT2D eigenvalue weighted by Crippen LogP contribution is -2.41. The summed E-state index contributed by atoms with van der Waals surface area (Å²) in [7, 11) is -3.85. The van der Waals surface area contributed by atoms with Gasteiger partial charge in [-0.25, -0.2) is 13.1 Å². The zero-order valence-corrected chi connectivity index (χ0v) is 23.5. The van der Waals surface area contributed by atoms with Gasteiger partial charge in [0.05, 0.1) is 12.4 Å². The van der Waals surface area contributed by atoms with Crippen molar-refractivity contribution >= 4 is 44.3 Å². The summed E-state index contributed by atoms with van der Waals surface area (Å²) in [5.74, 6) is -0.178. The molecule has 0 radical (unpaired) electrons. The highest BCUT2D eigenvalue weighted by atomic mass is 35.5. The number of H-pyrrole nitrogens is 1. The summed E-state index contributed by atoms with van der Waals surface area (Å²) in [5, 5.41) is 1.60. The van der Waals surface area contributed by atoms with Crippen LogP contribution in [0.15, 0.2) is 36.4 Å². The lowest BCUT2D eigenvalue weighted by molar-refractivity contribution is -0.130. The molecule has 8 nitrogen and oxygen atoms in total. The number of hydrogen-bond donors (Lipinski definition) is 2. The van der Waals surface area contributed by atoms with Crippen LogP contribution >= 0.6 is 11.6 Å². The predicted octanol–water partition coefficient (Wildman–Crippen LogP) is 4.77. The van der Waals surface area contributed by atoms with Crippen LogP contribution in [0.1, 0.15) is 53.4 Å². The first kappa shape index (κ1) is 28.0. The summed E-state index contributed by atoms with van der Waals surface area (Å²) in [5.41, 5.74) is 3.67. The molecular weight excluding hydrogens is 526 g/mol. The predicted molar refractivity (Wildman–Crippen MR) is 149 cm³/mol. The van der Waals surface area contributed by atoms with E-state index in [-0.39, 0.29) is 23.3 Å². The van der Waals surface area contributed by atoms with E-state index in [0.29, 0.717) is 45.4 Å². The van der Waals surface area contributed by atoms with Crippen molar-refractivity contribution < 1.29 is 22.7 Å². The van der Waals surface area contributed by atoms with Crippen molar-refractivity contribution in [2.75, 3.05) is 25.4 Å². The maximum atomic E-state index is 13.2. The second kappa shape index (κ2) is 11.8. The zero-order chi connectivity index (χ0) is 27.4. The van der Waals surface area contributed by atoms with Gasteiger partial charge in [0, 0.05) is 35.9 Å². The molecule has 1 aromatic heterocycles. The third-order valence-corrected chi connectivity index (χ3v) is 9.06. The Morgan fingerprint density at radius 3 is 2.45 bits per heavy atom. The molecule has 38 heavy (non-hydrogen) atoms. The summed E-state index contributed by atoms with van der Waals surface area (Å²) in [6.07, 6.45) is 2.35. The smallest absolute Gasteiger partial charge is 0.281 e. The van der Waals surface area contributed by atoms with Gasteiger partial charge in [0.25, 0.3) is 5.91 Å². The molecule has 10 heteroatoms. The fraction of sp³-hybridized carbons (Fsp3) is 0.429. The molecule has 0 aliphatic carbocycles. The van der Waals surface area contributed by atoms with Crippen molar-refractivity contribution in [1.82, 2.24) is 14.6 Å². The molecule has 2 amide bonds. The summed E-state index contributed by atoms with van der Waals surface area (Å²) in [6.45, 7) is 6.88. The second-order valence-corrected chi connectivity index (χ2v) is 12.2. The molecule has 2 heterocycles. The third kappa shape index (κ3) is 6.69. The fourth-order valence-corrected chi connectivity index (χ4v) is 6.57. The van der Waals surface area contributed by atoms with Crippen LogP contribution in [-0.4, -0.2) is 55.6 Å². The summed E-state index contributed by atoms with van der Waals surface area (Å²) in [6, 6.07) is 11.3. The van der Waals surface area contributed by atoms with Crippen LogP contribution in [-0.2, 0) is 21.2 Å². The molecule has 0 unspecified atom stereocenters. The van der Waals surface area contributed by atoms with Gasteiger partial charge in [-0.3, -0.25) is 9.59 Å². The monoisotopic (exact) mass is 559 g/mol. The lowest BCUT2D eigenvalue weighted by atomic mass is 9.99. The Morgan fingerprint density at radius 2 is 1.79 bits per heavy atom. The molecule has 1 aliphatic rings. The summed E-state index contributed by atoms with van der Waals surface area (Å²) in [4.78, 5) is 29.5. The van der Waals surface area contributed by atoms with E-state index < -0.39 is 15.9 Å². The van der Waals surface area contributed by atoms with Gasteiger partial charge in [-0.05, 0) is 80.3 Å². The number of fused-ring (bicyclic) bond motifs is 1. The van der Waals surface area contributed by atoms with E-state index in [1.165, 1.54) is 6.92 Å². The van der Waals surface area contributed by atoms with Gasteiger partial charge in [-0.2, -0.15) is 0 Å². The van der Waals surface area contributed by atoms with E-state index in [1.807, 2.05) is 50.2 Å². The van der Waals surface area contributed by atoms with Crippen molar-refractivity contribution in [3.8, 4) is 5.75 Å². The lowest BCUT2D eigenvalue weighted by Gasteiger charge is -2.31. The Hall–Kier alpha value is -3.04. The number of aryl methyl sites for hydroxylation is 3. The number of piperidine rings is 1. The van der Waals surface area contributed by atoms with Gasteiger partial charge in [-0.1, -0.05) is 29.8 Å². The van der Waals surface area contributed by atoms with Crippen LogP contribution in [0.25, 0.3) is 10.9 Å². The number of nitrogens with one attached hydrogen (secondary N) is 2. The molecule has 2 aromatic carbocycles. The number of aromatic nitrogens is 1. The number of amides is 2. The van der Waals surface area contributed by atoms with Crippen molar-refractivity contribution in [3.05, 3.63) is 63.8 Å². The van der Waals surface area contributed by atoms with Crippen molar-refractivity contribution in [2.24, 2.45) is 5.92 Å². The number of aromatic amines is 1. The normalized spacial score (nSPS) is 14.6. The van der Waals surface area contributed by atoms with E-state index in [1.54, 1.807) is 4.90 Å². The number of para-hydroxylation sites is 1. The first-order chi connectivity index (χ1) is 18.0. The first-order valence-corrected chi connectivity index (χ1v) is 14.9. The second-order valence-electron chi connectivity index (χ2n) is 10.0. The number of halogens is 1. The Balaban J connectivity index is 1.42. The van der Waals surface area contributed by atoms with Gasteiger partial charge in [0.15, 0.2) is 0 Å². The van der Waals surface area contributed by atoms with Crippen LogP contribution in [0.5, 0.6) is 5.75 Å². The molecule has 0 bridgehead atoms. The van der Waals surface area contributed by atoms with Crippen LogP contribution in [0.4, 0.5) is 0 Å². The molecule has 0 spiro atoms. The highest BCUT2D eigenvalue weighted by Gasteiger charge is 2.28. The van der Waals surface area contributed by atoms with E-state index >= 15 is 0 Å². The van der Waals surface area contributed by atoms with E-state index in [4.69, 9.17) is 16.3 Å². The average Bonchev–Trinajstić information content (AvgIpc) is 3.23. The summed E-state index contributed by atoms with van der Waals surface area (Å²) >= 11 is 6.24. The van der Waals surface area contributed by atoms with Crippen LogP contribution < -0.4 is 9.46 Å². The molecule has 1 aliphatic heterocycles. The summed E-state index contributed by atoms with van der Waals surface area (Å²) < 4.78 is 33.9. The van der Waals surface area contributed by atoms with Crippen LogP contribution in [0, 0.1) is 19.8 Å². The maximum Gasteiger partial charge on any atom is 0.281 e. The van der Waals surface area contributed by atoms with Gasteiger partial charge in [0.2, 0.25) is 15.9 Å². The zero-order valence-electron chi connectivity index (χ0n) is 22.0. The van der Waals surface area contributed by atoms with Gasteiger partial charge in [0.1, 0.15) is 11.4 Å². The van der Waals surface area contributed by atoms with Gasteiger partial charge in [-0.15, -0.1) is 0 Å². The standard InChI is InChI=1S/C28H34ClN3O5S/c1-18-15-22(16-19(2)26(18)29)37-14-6-8-24-23-7-4-5-9-25(23)30-27(24)28(34)31-38(35,36)17-21-10-12-32(13-11-21)20(3)33/h4-5,7,9,15-16,21,30H,6,8,10-14,17H2,1-3H3,(H,31,34). The van der Waals surface area contributed by atoms with E-state index in [0.717, 1.165) is 38.4 Å². The number of ether oxygens (including phenoxy) is 1. The Labute approximate surface area is 228 Å². The Kier molecular flexibility index (Phi) is 8.67. The molecule has 1 saturated heterocycles. The minimum atomic E-state index is -3.85. The topological polar surface area (TPSA) is 109 Å². The molecular formula is C28H34ClN3O5S. The average molecular weight is 560 g/mol. The molecule has 3 aromatic rings. The number of rotatable bonds is 9. The molecule has 4 rings (SSSR count). The SMILES string of the molecule is CC(=O)N1CCC(CS(=O)(=O)NC(=O)c2[nH]c3ccccc3c2CCCOc2cc(C)c(Cl)c(C)c2)CC1. The Bertz CT molecular complexity index is 1420. The number of sulfonamides is 1. The molecule has 2 N–H and O–H groups in total. The minimum Gasteiger partial charge on any atom is -0.494 e. The quantitative estimate of drug-likeness (QED) is 0.367. The number of hydrogen-bond acceptors (Lipinski definition) is 5. The maximum absolute atomic E-state index is 13.2. The molecule has 0 atom stereocenters. The highest BCUT2D eigenvalue weighted by molar-refractivity contribution is 7.90. The Morgan fingerprint density at radius 1 is 1.13 bits per heavy atom. The van der Waals surface area contributed by atoms with Crippen molar-refractivity contribution in [3.63, 3.8) is 0 Å². The highest BCUT2D eigenvalue weighted by Crippen LogP contribution is 2.27. The number of carbonyl (C=O) groups is 2. The number of carbonyl (C=O) groups excluding carboxylic acids is 2. The number of benzene rings is 2. The van der Waals surface area contributed by atoms with E-state index in [9.17, 15) is 18.0 Å². The van der Waals surface area contributed by atoms with Crippen LogP contribution in [0.3, 0.4) is 0 Å². The first-order valence-electron chi connectivity index (χ1n) is 12.8. The third-order valence-electron chi connectivity index (χ3n) is 7.05. The van der Waals surface area contributed by atoms with Gasteiger partial charge < -0.3 is 14.6 Å². The van der Waals surface area contributed by atoms with Crippen molar-refractivity contribution in [1.29, 1.82) is 0 Å². The fourth-order valence-electron chi connectivity index (χ4n) is 5.04. The molecule has 0 saturated carbocycles. The molecule has 204 valence electrons. The van der Waals surface area contributed by atoms with Crippen LogP contribution in [0.2, 0.25) is 5.02 Å². The minimum absolute atomic E-state index is 0.00487. The number of nitrogens with zero attached hydrogens (tertiary/aromatic N) is 1. The largest absolute Gasteiger partial charge is 0.494 e. The molecule has 1 fully saturated rings. The van der Waals surface area contributed by atoms with E-state index in [2.05, 4.69) is 9.71 Å². The van der Waals surface area contributed by atoms with Crippen molar-refractivity contribution in [2.45, 2.75) is 46.5 Å². The van der Waals surface area contributed by atoms with Gasteiger partial charge >= 0.3 is 0 Å².